The zero-order valence-corrected chi connectivity index (χ0v) is 34.9. The first-order chi connectivity index (χ1) is 32.2. The zero-order valence-electron chi connectivity index (χ0n) is 34.9. The fourth-order valence-corrected chi connectivity index (χ4v) is 10.2. The Morgan fingerprint density at radius 2 is 0.954 bits per heavy atom. The van der Waals surface area contributed by atoms with Crippen molar-refractivity contribution in [2.75, 3.05) is 0 Å². The SMILES string of the molecule is c1ccc(-n2c3ccccc3c3c(-c4nc(-c5ccc6ccccc6c5)nc(-c5cc(-n6c7ccccc7c7cc8ccccc8cc76)c6oc7ccccc7c6c5)n4)cccc32)cc1. The molecule has 302 valence electrons. The predicted molar refractivity (Wildman–Crippen MR) is 267 cm³/mol. The molecule has 0 spiro atoms. The fourth-order valence-electron chi connectivity index (χ4n) is 10.2. The quantitative estimate of drug-likeness (QED) is 0.173. The molecular formula is C59H35N5O. The van der Waals surface area contributed by atoms with Crippen LogP contribution in [0.5, 0.6) is 0 Å². The van der Waals surface area contributed by atoms with Gasteiger partial charge < -0.3 is 13.6 Å². The van der Waals surface area contributed by atoms with E-state index in [2.05, 4.69) is 209 Å². The van der Waals surface area contributed by atoms with Gasteiger partial charge in [0.25, 0.3) is 0 Å². The molecule has 0 saturated heterocycles. The maximum absolute atomic E-state index is 6.86. The van der Waals surface area contributed by atoms with E-state index in [0.717, 1.165) is 93.6 Å². The van der Waals surface area contributed by atoms with Gasteiger partial charge in [0, 0.05) is 54.7 Å². The van der Waals surface area contributed by atoms with Crippen molar-refractivity contribution in [2.24, 2.45) is 0 Å². The van der Waals surface area contributed by atoms with Crippen LogP contribution in [0.1, 0.15) is 0 Å². The lowest BCUT2D eigenvalue weighted by Gasteiger charge is -2.13. The molecule has 0 fully saturated rings. The Kier molecular flexibility index (Phi) is 7.59. The highest BCUT2D eigenvalue weighted by Gasteiger charge is 2.23. The van der Waals surface area contributed by atoms with E-state index >= 15 is 0 Å². The molecule has 4 aromatic heterocycles. The van der Waals surface area contributed by atoms with Crippen LogP contribution in [0.25, 0.3) is 133 Å². The van der Waals surface area contributed by atoms with E-state index in [9.17, 15) is 0 Å². The molecule has 0 unspecified atom stereocenters. The number of benzene rings is 10. The van der Waals surface area contributed by atoms with E-state index in [0.29, 0.717) is 17.5 Å². The van der Waals surface area contributed by atoms with Crippen molar-refractivity contribution < 1.29 is 4.42 Å². The molecule has 0 aliphatic carbocycles. The van der Waals surface area contributed by atoms with Crippen molar-refractivity contribution in [3.05, 3.63) is 212 Å². The smallest absolute Gasteiger partial charge is 0.164 e. The normalized spacial score (nSPS) is 12.0. The Balaban J connectivity index is 1.08. The highest BCUT2D eigenvalue weighted by atomic mass is 16.3. The molecule has 6 heteroatoms. The first kappa shape index (κ1) is 35.7. The summed E-state index contributed by atoms with van der Waals surface area (Å²) in [5, 5.41) is 11.2. The number of aromatic nitrogens is 5. The minimum atomic E-state index is 0.571. The summed E-state index contributed by atoms with van der Waals surface area (Å²) in [5.41, 5.74) is 10.7. The number of rotatable bonds is 5. The highest BCUT2D eigenvalue weighted by molar-refractivity contribution is 6.17. The molecule has 0 radical (unpaired) electrons. The van der Waals surface area contributed by atoms with Crippen LogP contribution in [0.15, 0.2) is 217 Å². The summed E-state index contributed by atoms with van der Waals surface area (Å²) < 4.78 is 11.6. The van der Waals surface area contributed by atoms with E-state index in [1.54, 1.807) is 0 Å². The maximum Gasteiger partial charge on any atom is 0.164 e. The van der Waals surface area contributed by atoms with Gasteiger partial charge >= 0.3 is 0 Å². The second-order valence-electron chi connectivity index (χ2n) is 16.8. The minimum absolute atomic E-state index is 0.571. The average molecular weight is 830 g/mol. The molecule has 4 heterocycles. The third kappa shape index (κ3) is 5.44. The number of furan rings is 1. The monoisotopic (exact) mass is 829 g/mol. The summed E-state index contributed by atoms with van der Waals surface area (Å²) in [4.78, 5) is 16.3. The first-order valence-electron chi connectivity index (χ1n) is 21.9. The number of hydrogen-bond acceptors (Lipinski definition) is 4. The second kappa shape index (κ2) is 13.8. The molecule has 10 aromatic carbocycles. The minimum Gasteiger partial charge on any atom is -0.454 e. The average Bonchev–Trinajstić information content (AvgIpc) is 4.03. The zero-order chi connectivity index (χ0) is 42.6. The fraction of sp³-hybridized carbons (Fsp3) is 0. The van der Waals surface area contributed by atoms with Gasteiger partial charge in [-0.2, -0.15) is 0 Å². The maximum atomic E-state index is 6.86. The molecule has 0 N–H and O–H groups in total. The molecule has 0 saturated carbocycles. The van der Waals surface area contributed by atoms with E-state index in [-0.39, 0.29) is 0 Å². The summed E-state index contributed by atoms with van der Waals surface area (Å²) in [5.74, 6) is 1.77. The van der Waals surface area contributed by atoms with Crippen LogP contribution < -0.4 is 0 Å². The largest absolute Gasteiger partial charge is 0.454 e. The topological polar surface area (TPSA) is 61.7 Å². The molecule has 0 atom stereocenters. The van der Waals surface area contributed by atoms with Gasteiger partial charge in [0.05, 0.1) is 27.8 Å². The van der Waals surface area contributed by atoms with Gasteiger partial charge in [0.15, 0.2) is 23.1 Å². The van der Waals surface area contributed by atoms with Crippen LogP contribution >= 0.6 is 0 Å². The lowest BCUT2D eigenvalue weighted by Crippen LogP contribution is -2.02. The van der Waals surface area contributed by atoms with Crippen molar-refractivity contribution >= 4 is 87.1 Å². The molecule has 14 rings (SSSR count). The Morgan fingerprint density at radius 3 is 1.77 bits per heavy atom. The molecule has 0 aliphatic heterocycles. The molecule has 65 heavy (non-hydrogen) atoms. The first-order valence-corrected chi connectivity index (χ1v) is 21.9. The predicted octanol–water partition coefficient (Wildman–Crippen LogP) is 15.3. The Bertz CT molecular complexity index is 4250. The van der Waals surface area contributed by atoms with Crippen LogP contribution in [0.3, 0.4) is 0 Å². The van der Waals surface area contributed by atoms with Gasteiger partial charge in [0.1, 0.15) is 5.58 Å². The van der Waals surface area contributed by atoms with Crippen LogP contribution in [0.4, 0.5) is 0 Å². The van der Waals surface area contributed by atoms with Crippen molar-refractivity contribution in [1.82, 2.24) is 24.1 Å². The molecule has 0 bridgehead atoms. The highest BCUT2D eigenvalue weighted by Crippen LogP contribution is 2.43. The molecule has 0 aliphatic rings. The molecule has 14 aromatic rings. The lowest BCUT2D eigenvalue weighted by molar-refractivity contribution is 0.666. The Labute approximate surface area is 371 Å². The van der Waals surface area contributed by atoms with Crippen molar-refractivity contribution in [3.63, 3.8) is 0 Å². The second-order valence-corrected chi connectivity index (χ2v) is 16.8. The Morgan fingerprint density at radius 1 is 0.338 bits per heavy atom. The molecular weight excluding hydrogens is 795 g/mol. The Hall–Kier alpha value is -8.87. The lowest BCUT2D eigenvalue weighted by atomic mass is 10.0. The third-order valence-corrected chi connectivity index (χ3v) is 13.1. The van der Waals surface area contributed by atoms with Crippen LogP contribution in [0.2, 0.25) is 0 Å². The number of para-hydroxylation sites is 4. The van der Waals surface area contributed by atoms with Crippen molar-refractivity contribution in [3.8, 4) is 45.5 Å². The summed E-state index contributed by atoms with van der Waals surface area (Å²) in [6, 6.07) is 75.0. The molecule has 6 nitrogen and oxygen atoms in total. The van der Waals surface area contributed by atoms with Gasteiger partial charge in [-0.05, 0) is 88.3 Å². The summed E-state index contributed by atoms with van der Waals surface area (Å²) in [6.45, 7) is 0. The number of nitrogens with zero attached hydrogens (tertiary/aromatic N) is 5. The summed E-state index contributed by atoms with van der Waals surface area (Å²) >= 11 is 0. The number of fused-ring (bicyclic) bond motifs is 11. The standard InChI is InChI=1S/C59H35N5O/c1-2-19-42(20-3-1)63-50-26-12-9-23-45(50)55-46(24-14-27-51(55)63)59-61-57(40-30-29-36-15-4-5-16-37(36)31-40)60-58(62-59)41-33-48-44-22-10-13-28-54(44)65-56(48)53(35-41)64-49-25-11-8-21-43(49)47-32-38-17-6-7-18-39(38)34-52(47)64/h1-35H. The number of hydrogen-bond donors (Lipinski definition) is 0. The van der Waals surface area contributed by atoms with Gasteiger partial charge in [-0.15, -0.1) is 0 Å². The van der Waals surface area contributed by atoms with Crippen molar-refractivity contribution in [1.29, 1.82) is 0 Å². The summed E-state index contributed by atoms with van der Waals surface area (Å²) in [7, 11) is 0. The van der Waals surface area contributed by atoms with Crippen LogP contribution in [-0.2, 0) is 0 Å². The van der Waals surface area contributed by atoms with Gasteiger partial charge in [0.2, 0.25) is 0 Å². The van der Waals surface area contributed by atoms with Gasteiger partial charge in [-0.3, -0.25) is 0 Å². The van der Waals surface area contributed by atoms with Crippen LogP contribution in [-0.4, -0.2) is 24.1 Å². The van der Waals surface area contributed by atoms with Crippen LogP contribution in [0, 0.1) is 0 Å². The van der Waals surface area contributed by atoms with Crippen molar-refractivity contribution in [2.45, 2.75) is 0 Å². The molecule has 0 amide bonds. The van der Waals surface area contributed by atoms with E-state index in [4.69, 9.17) is 19.4 Å². The van der Waals surface area contributed by atoms with E-state index in [1.165, 1.54) is 21.5 Å². The third-order valence-electron chi connectivity index (χ3n) is 13.1. The summed E-state index contributed by atoms with van der Waals surface area (Å²) in [6.07, 6.45) is 0. The van der Waals surface area contributed by atoms with Gasteiger partial charge in [-0.25, -0.2) is 15.0 Å². The van der Waals surface area contributed by atoms with E-state index in [1.807, 2.05) is 12.1 Å². The van der Waals surface area contributed by atoms with Gasteiger partial charge in [-0.1, -0.05) is 146 Å². The van der Waals surface area contributed by atoms with E-state index < -0.39 is 0 Å².